The minimum absolute atomic E-state index is 0.319. The summed E-state index contributed by atoms with van der Waals surface area (Å²) in [5, 5.41) is 0.632. The van der Waals surface area contributed by atoms with Crippen LogP contribution in [0.4, 0.5) is 0 Å². The topological polar surface area (TPSA) is 49.4 Å². The summed E-state index contributed by atoms with van der Waals surface area (Å²) in [6, 6.07) is 10.7. The van der Waals surface area contributed by atoms with Gasteiger partial charge in [0, 0.05) is 11.1 Å². The summed E-state index contributed by atoms with van der Waals surface area (Å²) in [7, 11) is 0.309. The molecule has 0 fully saturated rings. The van der Waals surface area contributed by atoms with Crippen LogP contribution in [0.5, 0.6) is 0 Å². The van der Waals surface area contributed by atoms with Crippen LogP contribution < -0.4 is 4.72 Å². The van der Waals surface area contributed by atoms with Gasteiger partial charge in [0.1, 0.15) is 0 Å². The molecule has 0 aliphatic rings. The van der Waals surface area contributed by atoms with Crippen molar-refractivity contribution in [2.75, 3.05) is 20.6 Å². The molecule has 6 heteroatoms. The Labute approximate surface area is 162 Å². The van der Waals surface area contributed by atoms with Gasteiger partial charge in [0.05, 0.1) is 4.90 Å². The van der Waals surface area contributed by atoms with Crippen molar-refractivity contribution in [3.05, 3.63) is 63.7 Å². The minimum atomic E-state index is -3.64. The molecule has 2 aromatic carbocycles. The highest BCUT2D eigenvalue weighted by molar-refractivity contribution is 7.89. The number of aryl methyl sites for hydroxylation is 3. The van der Waals surface area contributed by atoms with Gasteiger partial charge in [-0.05, 0) is 88.3 Å². The van der Waals surface area contributed by atoms with E-state index in [1.165, 1.54) is 0 Å². The first kappa shape index (κ1) is 20.9. The van der Waals surface area contributed by atoms with E-state index in [9.17, 15) is 8.42 Å². The summed E-state index contributed by atoms with van der Waals surface area (Å²) < 4.78 is 29.0. The molecule has 0 radical (unpaired) electrons. The van der Waals surface area contributed by atoms with E-state index in [1.54, 1.807) is 18.2 Å². The van der Waals surface area contributed by atoms with E-state index in [0.717, 1.165) is 28.8 Å². The quantitative estimate of drug-likeness (QED) is 0.764. The number of rotatable bonds is 7. The van der Waals surface area contributed by atoms with Crippen LogP contribution in [0, 0.1) is 20.8 Å². The monoisotopic (exact) mass is 394 g/mol. The first-order chi connectivity index (χ1) is 12.1. The molecular formula is C20H27ClN2O2S. The van der Waals surface area contributed by atoms with Crippen molar-refractivity contribution < 1.29 is 8.42 Å². The predicted octanol–water partition coefficient (Wildman–Crippen LogP) is 4.24. The number of nitrogens with one attached hydrogen (secondary N) is 1. The molecule has 0 saturated heterocycles. The fourth-order valence-electron chi connectivity index (χ4n) is 2.85. The van der Waals surface area contributed by atoms with E-state index in [0.29, 0.717) is 16.3 Å². The Bertz CT molecular complexity index is 862. The summed E-state index contributed by atoms with van der Waals surface area (Å²) in [6.45, 7) is 6.51. The number of sulfonamides is 1. The van der Waals surface area contributed by atoms with E-state index in [4.69, 9.17) is 11.6 Å². The maximum absolute atomic E-state index is 13.1. The smallest absolute Gasteiger partial charge is 0.241 e. The molecule has 0 amide bonds. The average molecular weight is 395 g/mol. The zero-order chi connectivity index (χ0) is 19.5. The second-order valence-corrected chi connectivity index (χ2v) is 9.14. The summed E-state index contributed by atoms with van der Waals surface area (Å²) in [6.07, 6.45) is 0.664. The largest absolute Gasteiger partial charge is 0.309 e. The second-order valence-electron chi connectivity index (χ2n) is 7.02. The Hall–Kier alpha value is -1.40. The molecule has 0 saturated carbocycles. The van der Waals surface area contributed by atoms with Crippen LogP contribution in [0.15, 0.2) is 41.3 Å². The van der Waals surface area contributed by atoms with Crippen molar-refractivity contribution in [2.24, 2.45) is 0 Å². The third-order valence-corrected chi connectivity index (χ3v) is 6.38. The Morgan fingerprint density at radius 1 is 1.00 bits per heavy atom. The number of hydrogen-bond acceptors (Lipinski definition) is 3. The molecule has 0 bridgehead atoms. The Balaban J connectivity index is 2.36. The molecule has 0 spiro atoms. The number of halogens is 1. The third kappa shape index (κ3) is 5.30. The Kier molecular flexibility index (Phi) is 6.86. The lowest BCUT2D eigenvalue weighted by atomic mass is 10.0. The summed E-state index contributed by atoms with van der Waals surface area (Å²) >= 11 is 5.98. The molecule has 0 aliphatic carbocycles. The van der Waals surface area contributed by atoms with Crippen LogP contribution in [0.25, 0.3) is 0 Å². The Morgan fingerprint density at radius 3 is 2.15 bits per heavy atom. The SMILES string of the molecule is Cc1cc(C)c(S(=O)(=O)NC(CCN(C)C)c2ccc(Cl)cc2)cc1C. The lowest BCUT2D eigenvalue weighted by molar-refractivity contribution is 0.375. The first-order valence-electron chi connectivity index (χ1n) is 8.60. The van der Waals surface area contributed by atoms with E-state index < -0.39 is 10.0 Å². The zero-order valence-corrected chi connectivity index (χ0v) is 17.6. The molecule has 0 aromatic heterocycles. The lowest BCUT2D eigenvalue weighted by Gasteiger charge is -2.22. The average Bonchev–Trinajstić information content (AvgIpc) is 2.55. The molecule has 2 aromatic rings. The lowest BCUT2D eigenvalue weighted by Crippen LogP contribution is -2.31. The van der Waals surface area contributed by atoms with Crippen molar-refractivity contribution in [1.82, 2.24) is 9.62 Å². The molecule has 1 atom stereocenters. The molecule has 2 rings (SSSR count). The standard InChI is InChI=1S/C20H27ClN2O2S/c1-14-12-16(3)20(13-15(14)2)26(24,25)22-19(10-11-23(4)5)17-6-8-18(21)9-7-17/h6-9,12-13,19,22H,10-11H2,1-5H3. The van der Waals surface area contributed by atoms with E-state index in [-0.39, 0.29) is 6.04 Å². The van der Waals surface area contributed by atoms with Crippen LogP contribution in [0.2, 0.25) is 5.02 Å². The van der Waals surface area contributed by atoms with Crippen LogP contribution in [0.3, 0.4) is 0 Å². The van der Waals surface area contributed by atoms with Gasteiger partial charge in [-0.25, -0.2) is 13.1 Å². The second kappa shape index (κ2) is 8.53. The summed E-state index contributed by atoms with van der Waals surface area (Å²) in [5.74, 6) is 0. The van der Waals surface area contributed by atoms with Crippen molar-refractivity contribution in [3.8, 4) is 0 Å². The van der Waals surface area contributed by atoms with Crippen molar-refractivity contribution in [2.45, 2.75) is 38.1 Å². The third-order valence-electron chi connectivity index (χ3n) is 4.52. The van der Waals surface area contributed by atoms with Crippen LogP contribution >= 0.6 is 11.6 Å². The van der Waals surface area contributed by atoms with Gasteiger partial charge in [-0.15, -0.1) is 0 Å². The zero-order valence-electron chi connectivity index (χ0n) is 16.0. The predicted molar refractivity (Wildman–Crippen MR) is 108 cm³/mol. The fourth-order valence-corrected chi connectivity index (χ4v) is 4.55. The van der Waals surface area contributed by atoms with Crippen molar-refractivity contribution in [1.29, 1.82) is 0 Å². The van der Waals surface area contributed by atoms with Crippen LogP contribution in [-0.2, 0) is 10.0 Å². The Morgan fingerprint density at radius 2 is 1.58 bits per heavy atom. The fraction of sp³-hybridized carbons (Fsp3) is 0.400. The molecule has 26 heavy (non-hydrogen) atoms. The van der Waals surface area contributed by atoms with Crippen molar-refractivity contribution >= 4 is 21.6 Å². The molecule has 1 unspecified atom stereocenters. The van der Waals surface area contributed by atoms with Gasteiger partial charge in [0.15, 0.2) is 0 Å². The molecule has 4 nitrogen and oxygen atoms in total. The number of hydrogen-bond donors (Lipinski definition) is 1. The van der Waals surface area contributed by atoms with Gasteiger partial charge >= 0.3 is 0 Å². The summed E-state index contributed by atoms with van der Waals surface area (Å²) in [4.78, 5) is 2.38. The van der Waals surface area contributed by atoms with E-state index >= 15 is 0 Å². The normalized spacial score (nSPS) is 13.2. The van der Waals surface area contributed by atoms with E-state index in [1.807, 2.05) is 58.0 Å². The molecule has 142 valence electrons. The van der Waals surface area contributed by atoms with Gasteiger partial charge in [-0.3, -0.25) is 0 Å². The minimum Gasteiger partial charge on any atom is -0.309 e. The maximum Gasteiger partial charge on any atom is 0.241 e. The van der Waals surface area contributed by atoms with Crippen molar-refractivity contribution in [3.63, 3.8) is 0 Å². The van der Waals surface area contributed by atoms with Crippen LogP contribution in [0.1, 0.15) is 34.7 Å². The molecule has 0 heterocycles. The van der Waals surface area contributed by atoms with Gasteiger partial charge in [-0.2, -0.15) is 0 Å². The number of nitrogens with zero attached hydrogens (tertiary/aromatic N) is 1. The highest BCUT2D eigenvalue weighted by Crippen LogP contribution is 2.25. The molecule has 1 N–H and O–H groups in total. The van der Waals surface area contributed by atoms with Gasteiger partial charge < -0.3 is 4.90 Å². The molecular weight excluding hydrogens is 368 g/mol. The molecule has 0 aliphatic heterocycles. The first-order valence-corrected chi connectivity index (χ1v) is 10.5. The highest BCUT2D eigenvalue weighted by atomic mass is 35.5. The summed E-state index contributed by atoms with van der Waals surface area (Å²) in [5.41, 5.74) is 3.71. The van der Waals surface area contributed by atoms with Crippen LogP contribution in [-0.4, -0.2) is 34.0 Å². The highest BCUT2D eigenvalue weighted by Gasteiger charge is 2.23. The van der Waals surface area contributed by atoms with E-state index in [2.05, 4.69) is 4.72 Å². The number of benzene rings is 2. The maximum atomic E-state index is 13.1. The van der Waals surface area contributed by atoms with Gasteiger partial charge in [-0.1, -0.05) is 29.8 Å². The van der Waals surface area contributed by atoms with Gasteiger partial charge in [0.2, 0.25) is 10.0 Å². The van der Waals surface area contributed by atoms with Gasteiger partial charge in [0.25, 0.3) is 0 Å².